The predicted octanol–water partition coefficient (Wildman–Crippen LogP) is 2.64. The molecule has 1 radical (unpaired) electrons. The average Bonchev–Trinajstić information content (AvgIpc) is 2.09. The molecule has 0 fully saturated rings. The van der Waals surface area contributed by atoms with Gasteiger partial charge in [-0.05, 0) is 0 Å². The Morgan fingerprint density at radius 3 is 1.21 bits per heavy atom. The first kappa shape index (κ1) is 17.3. The average molecular weight is 301 g/mol. The van der Waals surface area contributed by atoms with E-state index in [1.165, 1.54) is 0 Å². The SMILES string of the molecule is O=[N+]([O-])C(F)([C](CC(F)(F)F)CC(F)(F)F)[N+](=O)[O-]. The third-order valence-electron chi connectivity index (χ3n) is 1.76. The Balaban J connectivity index is 5.55. The smallest absolute Gasteiger partial charge is 0.256 e. The van der Waals surface area contributed by atoms with Gasteiger partial charge in [0.25, 0.3) is 0 Å². The van der Waals surface area contributed by atoms with Crippen molar-refractivity contribution in [3.8, 4) is 0 Å². The summed E-state index contributed by atoms with van der Waals surface area (Å²) in [5.74, 6) is -7.69. The molecule has 6 nitrogen and oxygen atoms in total. The van der Waals surface area contributed by atoms with Gasteiger partial charge in [-0.25, -0.2) is 0 Å². The summed E-state index contributed by atoms with van der Waals surface area (Å²) in [6.07, 6.45) is -16.4. The van der Waals surface area contributed by atoms with Gasteiger partial charge in [-0.2, -0.15) is 26.3 Å². The molecule has 0 unspecified atom stereocenters. The van der Waals surface area contributed by atoms with Crippen molar-refractivity contribution < 1.29 is 40.6 Å². The molecule has 0 heterocycles. The van der Waals surface area contributed by atoms with Gasteiger partial charge in [0.2, 0.25) is 0 Å². The van der Waals surface area contributed by atoms with Gasteiger partial charge < -0.3 is 0 Å². The molecule has 0 saturated heterocycles. The Morgan fingerprint density at radius 1 is 0.789 bits per heavy atom. The zero-order valence-corrected chi connectivity index (χ0v) is 8.59. The number of hydrogen-bond donors (Lipinski definition) is 0. The van der Waals surface area contributed by atoms with E-state index in [1.54, 1.807) is 0 Å². The highest BCUT2D eigenvalue weighted by atomic mass is 19.4. The van der Waals surface area contributed by atoms with Crippen LogP contribution in [0.2, 0.25) is 0 Å². The summed E-state index contributed by atoms with van der Waals surface area (Å²) >= 11 is 0. The number of alkyl halides is 7. The molecule has 0 amide bonds. The van der Waals surface area contributed by atoms with Crippen LogP contribution in [-0.2, 0) is 0 Å². The fraction of sp³-hybridized carbons (Fsp3) is 0.833. The Morgan fingerprint density at radius 2 is 1.05 bits per heavy atom. The molecule has 0 aliphatic carbocycles. The molecular formula is C6H4F7N2O4. The predicted molar refractivity (Wildman–Crippen MR) is 42.4 cm³/mol. The molecule has 0 rings (SSSR count). The van der Waals surface area contributed by atoms with Crippen molar-refractivity contribution in [2.75, 3.05) is 0 Å². The van der Waals surface area contributed by atoms with Crippen LogP contribution in [0.5, 0.6) is 0 Å². The molecule has 19 heavy (non-hydrogen) atoms. The van der Waals surface area contributed by atoms with Crippen LogP contribution in [0.1, 0.15) is 12.8 Å². The van der Waals surface area contributed by atoms with E-state index < -0.39 is 46.9 Å². The first-order valence-electron chi connectivity index (χ1n) is 4.16. The molecule has 0 atom stereocenters. The van der Waals surface area contributed by atoms with Gasteiger partial charge in [-0.15, -0.1) is 0 Å². The second kappa shape index (κ2) is 5.13. The van der Waals surface area contributed by atoms with Crippen LogP contribution in [0.3, 0.4) is 0 Å². The Labute approximate surface area is 99.0 Å². The maximum absolute atomic E-state index is 13.3. The van der Waals surface area contributed by atoms with E-state index in [2.05, 4.69) is 0 Å². The lowest BCUT2D eigenvalue weighted by Crippen LogP contribution is -2.49. The van der Waals surface area contributed by atoms with Gasteiger partial charge in [0.15, 0.2) is 5.92 Å². The van der Waals surface area contributed by atoms with Crippen molar-refractivity contribution in [2.45, 2.75) is 31.1 Å². The number of halogens is 7. The van der Waals surface area contributed by atoms with Gasteiger partial charge in [-0.3, -0.25) is 20.2 Å². The molecule has 0 bridgehead atoms. The van der Waals surface area contributed by atoms with E-state index in [1.807, 2.05) is 0 Å². The van der Waals surface area contributed by atoms with Crippen LogP contribution in [0.25, 0.3) is 0 Å². The van der Waals surface area contributed by atoms with E-state index in [4.69, 9.17) is 0 Å². The maximum atomic E-state index is 13.3. The summed E-state index contributed by atoms with van der Waals surface area (Å²) in [7, 11) is 0. The van der Waals surface area contributed by atoms with Crippen molar-refractivity contribution in [2.24, 2.45) is 0 Å². The van der Waals surface area contributed by atoms with Crippen molar-refractivity contribution in [3.05, 3.63) is 26.1 Å². The fourth-order valence-electron chi connectivity index (χ4n) is 1.10. The summed E-state index contributed by atoms with van der Waals surface area (Å²) in [5, 5.41) is 20.2. The molecule has 13 heteroatoms. The molecule has 0 spiro atoms. The van der Waals surface area contributed by atoms with E-state index in [0.29, 0.717) is 0 Å². The molecule has 0 N–H and O–H groups in total. The highest BCUT2D eigenvalue weighted by Gasteiger charge is 2.69. The topological polar surface area (TPSA) is 86.3 Å². The first-order valence-corrected chi connectivity index (χ1v) is 4.16. The van der Waals surface area contributed by atoms with Gasteiger partial charge >= 0.3 is 18.3 Å². The van der Waals surface area contributed by atoms with Crippen molar-refractivity contribution in [3.63, 3.8) is 0 Å². The van der Waals surface area contributed by atoms with Crippen LogP contribution < -0.4 is 0 Å². The van der Waals surface area contributed by atoms with Gasteiger partial charge in [0, 0.05) is 0 Å². The Hall–Kier alpha value is -1.69. The highest BCUT2D eigenvalue weighted by molar-refractivity contribution is 5.01. The summed E-state index contributed by atoms with van der Waals surface area (Å²) in [4.78, 5) is 15.3. The second-order valence-corrected chi connectivity index (χ2v) is 3.29. The van der Waals surface area contributed by atoms with Gasteiger partial charge in [-0.1, -0.05) is 4.39 Å². The summed E-state index contributed by atoms with van der Waals surface area (Å²) in [6, 6.07) is 0. The van der Waals surface area contributed by atoms with Crippen molar-refractivity contribution in [1.82, 2.24) is 0 Å². The molecule has 0 aromatic heterocycles. The summed E-state index contributed by atoms with van der Waals surface area (Å²) in [5.41, 5.74) is 0. The minimum Gasteiger partial charge on any atom is -0.256 e. The normalized spacial score (nSPS) is 13.7. The zero-order valence-electron chi connectivity index (χ0n) is 8.59. The lowest BCUT2D eigenvalue weighted by Gasteiger charge is -2.20. The maximum Gasteiger partial charge on any atom is 0.621 e. The summed E-state index contributed by atoms with van der Waals surface area (Å²) in [6.45, 7) is 0. The Kier molecular flexibility index (Phi) is 4.67. The molecular weight excluding hydrogens is 297 g/mol. The largest absolute Gasteiger partial charge is 0.621 e. The number of nitrogens with zero attached hydrogens (tertiary/aromatic N) is 2. The highest BCUT2D eigenvalue weighted by Crippen LogP contribution is 2.42. The lowest BCUT2D eigenvalue weighted by molar-refractivity contribution is -0.825. The summed E-state index contributed by atoms with van der Waals surface area (Å²) < 4.78 is 85.0. The van der Waals surface area contributed by atoms with Crippen LogP contribution in [0.15, 0.2) is 0 Å². The standard InChI is InChI=1S/C6H4F7N2O4/c7-4(8,9)1-3(2-5(10,11)12)6(13,14(16)17)15(18)19/h1-2H2. The van der Waals surface area contributed by atoms with E-state index in [0.717, 1.165) is 0 Å². The minimum absolute atomic E-state index is 2.44. The third kappa shape index (κ3) is 4.82. The minimum atomic E-state index is -5.47. The van der Waals surface area contributed by atoms with E-state index in [-0.39, 0.29) is 0 Å². The molecule has 0 aromatic rings. The van der Waals surface area contributed by atoms with Crippen LogP contribution in [0, 0.1) is 26.1 Å². The second-order valence-electron chi connectivity index (χ2n) is 3.29. The molecule has 111 valence electrons. The molecule has 0 aromatic carbocycles. The third-order valence-corrected chi connectivity index (χ3v) is 1.76. The quantitative estimate of drug-likeness (QED) is 0.257. The molecule has 0 aliphatic rings. The molecule has 0 aliphatic heterocycles. The fourth-order valence-corrected chi connectivity index (χ4v) is 1.10. The van der Waals surface area contributed by atoms with Crippen LogP contribution in [-0.4, -0.2) is 28.1 Å². The number of rotatable bonds is 5. The first-order chi connectivity index (χ1) is 8.20. The zero-order chi connectivity index (χ0) is 15.6. The van der Waals surface area contributed by atoms with Crippen LogP contribution >= 0.6 is 0 Å². The van der Waals surface area contributed by atoms with Gasteiger partial charge in [0.05, 0.1) is 12.8 Å². The van der Waals surface area contributed by atoms with Crippen molar-refractivity contribution in [1.29, 1.82) is 0 Å². The monoisotopic (exact) mass is 301 g/mol. The van der Waals surface area contributed by atoms with Crippen molar-refractivity contribution >= 4 is 0 Å². The van der Waals surface area contributed by atoms with E-state index >= 15 is 0 Å². The number of hydrogen-bond acceptors (Lipinski definition) is 4. The van der Waals surface area contributed by atoms with E-state index in [9.17, 15) is 51.0 Å². The molecule has 0 saturated carbocycles. The van der Waals surface area contributed by atoms with Gasteiger partial charge in [0.1, 0.15) is 9.85 Å². The van der Waals surface area contributed by atoms with Crippen LogP contribution in [0.4, 0.5) is 30.7 Å². The number of nitro groups is 2. The Bertz CT molecular complexity index is 336. The lowest BCUT2D eigenvalue weighted by atomic mass is 9.95.